The van der Waals surface area contributed by atoms with Crippen molar-refractivity contribution in [1.29, 1.82) is 0 Å². The van der Waals surface area contributed by atoms with E-state index in [1.54, 1.807) is 0 Å². The van der Waals surface area contributed by atoms with Gasteiger partial charge in [-0.15, -0.1) is 0 Å². The van der Waals surface area contributed by atoms with E-state index < -0.39 is 22.3 Å². The molecule has 0 saturated carbocycles. The zero-order valence-corrected chi connectivity index (χ0v) is 13.7. The van der Waals surface area contributed by atoms with Crippen LogP contribution in [-0.2, 0) is 4.79 Å². The summed E-state index contributed by atoms with van der Waals surface area (Å²) in [6, 6.07) is 5.69. The SMILES string of the molecule is CC(=O)Nc1cccc(C(=O)C(Br)c2ccnc(Cl)n2)c1F. The van der Waals surface area contributed by atoms with E-state index in [4.69, 9.17) is 11.6 Å². The predicted octanol–water partition coefficient (Wildman–Crippen LogP) is 3.55. The molecule has 1 N–H and O–H groups in total. The number of hydrogen-bond acceptors (Lipinski definition) is 4. The summed E-state index contributed by atoms with van der Waals surface area (Å²) in [5.74, 6) is -1.77. The van der Waals surface area contributed by atoms with E-state index in [9.17, 15) is 14.0 Å². The predicted molar refractivity (Wildman–Crippen MR) is 83.7 cm³/mol. The van der Waals surface area contributed by atoms with Crippen LogP contribution in [0.1, 0.15) is 27.8 Å². The van der Waals surface area contributed by atoms with Crippen LogP contribution in [0.5, 0.6) is 0 Å². The molecular formula is C14H10BrClFN3O2. The minimum atomic E-state index is -0.880. The Kier molecular flexibility index (Phi) is 5.20. The number of benzene rings is 1. The summed E-state index contributed by atoms with van der Waals surface area (Å²) >= 11 is 8.86. The van der Waals surface area contributed by atoms with E-state index >= 15 is 0 Å². The third-order valence-electron chi connectivity index (χ3n) is 2.71. The molecule has 2 aromatic rings. The zero-order chi connectivity index (χ0) is 16.3. The summed E-state index contributed by atoms with van der Waals surface area (Å²) in [5.41, 5.74) is 0.0935. The van der Waals surface area contributed by atoms with E-state index in [-0.39, 0.29) is 16.5 Å². The van der Waals surface area contributed by atoms with Gasteiger partial charge < -0.3 is 5.32 Å². The maximum atomic E-state index is 14.3. The second-order valence-corrected chi connectivity index (χ2v) is 5.58. The lowest BCUT2D eigenvalue weighted by molar-refractivity contribution is -0.114. The number of nitrogens with one attached hydrogen (secondary N) is 1. The molecule has 5 nitrogen and oxygen atoms in total. The van der Waals surface area contributed by atoms with Crippen LogP contribution in [0.3, 0.4) is 0 Å². The number of aromatic nitrogens is 2. The largest absolute Gasteiger partial charge is 0.324 e. The van der Waals surface area contributed by atoms with Crippen LogP contribution in [0.25, 0.3) is 0 Å². The van der Waals surface area contributed by atoms with Gasteiger partial charge in [0.15, 0.2) is 11.6 Å². The third kappa shape index (κ3) is 3.66. The first-order valence-electron chi connectivity index (χ1n) is 6.13. The molecule has 0 aliphatic carbocycles. The van der Waals surface area contributed by atoms with Gasteiger partial charge in [-0.1, -0.05) is 22.0 Å². The van der Waals surface area contributed by atoms with Crippen LogP contribution in [0.4, 0.5) is 10.1 Å². The van der Waals surface area contributed by atoms with Gasteiger partial charge in [0.2, 0.25) is 11.2 Å². The number of carbonyl (C=O) groups excluding carboxylic acids is 2. The molecule has 0 aliphatic heterocycles. The maximum Gasteiger partial charge on any atom is 0.222 e. The van der Waals surface area contributed by atoms with Crippen molar-refractivity contribution in [3.63, 3.8) is 0 Å². The van der Waals surface area contributed by atoms with Crippen LogP contribution >= 0.6 is 27.5 Å². The average molecular weight is 387 g/mol. The fourth-order valence-electron chi connectivity index (χ4n) is 1.77. The minimum Gasteiger partial charge on any atom is -0.324 e. The van der Waals surface area contributed by atoms with Gasteiger partial charge >= 0.3 is 0 Å². The molecule has 22 heavy (non-hydrogen) atoms. The van der Waals surface area contributed by atoms with Crippen LogP contribution in [-0.4, -0.2) is 21.7 Å². The summed E-state index contributed by atoms with van der Waals surface area (Å²) in [6.07, 6.45) is 1.40. The number of ketones is 1. The second kappa shape index (κ2) is 6.93. The van der Waals surface area contributed by atoms with Gasteiger partial charge in [0.1, 0.15) is 4.83 Å². The fourth-order valence-corrected chi connectivity index (χ4v) is 2.42. The highest BCUT2D eigenvalue weighted by Gasteiger charge is 2.24. The molecule has 0 saturated heterocycles. The Labute approximate surface area is 139 Å². The van der Waals surface area contributed by atoms with Gasteiger partial charge in [0.25, 0.3) is 0 Å². The molecule has 1 atom stereocenters. The van der Waals surface area contributed by atoms with E-state index in [2.05, 4.69) is 31.2 Å². The molecule has 1 heterocycles. The van der Waals surface area contributed by atoms with Gasteiger partial charge in [0, 0.05) is 13.1 Å². The van der Waals surface area contributed by atoms with Gasteiger partial charge in [-0.3, -0.25) is 9.59 Å². The number of halogens is 3. The van der Waals surface area contributed by atoms with Crippen molar-refractivity contribution in [2.45, 2.75) is 11.8 Å². The summed E-state index contributed by atoms with van der Waals surface area (Å²) < 4.78 is 14.3. The Morgan fingerprint density at radius 1 is 1.36 bits per heavy atom. The molecule has 2 rings (SSSR count). The van der Waals surface area contributed by atoms with Gasteiger partial charge in [-0.25, -0.2) is 14.4 Å². The number of rotatable bonds is 4. The van der Waals surface area contributed by atoms with Crippen molar-refractivity contribution in [3.8, 4) is 0 Å². The van der Waals surface area contributed by atoms with Crippen LogP contribution in [0.2, 0.25) is 5.28 Å². The number of hydrogen-bond donors (Lipinski definition) is 1. The van der Waals surface area contributed by atoms with Crippen molar-refractivity contribution in [1.82, 2.24) is 9.97 Å². The molecule has 8 heteroatoms. The highest BCUT2D eigenvalue weighted by atomic mass is 79.9. The summed E-state index contributed by atoms with van der Waals surface area (Å²) in [4.78, 5) is 30.2. The average Bonchev–Trinajstić information content (AvgIpc) is 2.47. The lowest BCUT2D eigenvalue weighted by Crippen LogP contribution is -2.14. The van der Waals surface area contributed by atoms with Crippen molar-refractivity contribution in [3.05, 3.63) is 52.8 Å². The minimum absolute atomic E-state index is 0.0118. The Hall–Kier alpha value is -1.86. The Morgan fingerprint density at radius 3 is 2.73 bits per heavy atom. The summed E-state index contributed by atoms with van der Waals surface area (Å²) in [6.45, 7) is 1.25. The van der Waals surface area contributed by atoms with E-state index in [1.165, 1.54) is 37.4 Å². The second-order valence-electron chi connectivity index (χ2n) is 4.33. The number of Topliss-reactive ketones (excluding diaryl/α,β-unsaturated/α-hetero) is 1. The molecule has 0 fully saturated rings. The highest BCUT2D eigenvalue weighted by molar-refractivity contribution is 9.09. The quantitative estimate of drug-likeness (QED) is 0.495. The third-order valence-corrected chi connectivity index (χ3v) is 3.78. The first-order valence-corrected chi connectivity index (χ1v) is 7.42. The summed E-state index contributed by atoms with van der Waals surface area (Å²) in [7, 11) is 0. The van der Waals surface area contributed by atoms with E-state index in [0.29, 0.717) is 5.69 Å². The van der Waals surface area contributed by atoms with Gasteiger partial charge in [-0.2, -0.15) is 0 Å². The number of nitrogens with zero attached hydrogens (tertiary/aromatic N) is 2. The lowest BCUT2D eigenvalue weighted by atomic mass is 10.0. The van der Waals surface area contributed by atoms with Crippen LogP contribution < -0.4 is 5.32 Å². The lowest BCUT2D eigenvalue weighted by Gasteiger charge is -2.11. The monoisotopic (exact) mass is 385 g/mol. The Morgan fingerprint density at radius 2 is 2.09 bits per heavy atom. The van der Waals surface area contributed by atoms with Gasteiger partial charge in [0.05, 0.1) is 16.9 Å². The Balaban J connectivity index is 2.35. The number of carbonyl (C=O) groups is 2. The molecule has 1 aromatic heterocycles. The molecule has 1 aromatic carbocycles. The molecule has 0 bridgehead atoms. The molecular weight excluding hydrogens is 377 g/mol. The molecule has 1 unspecified atom stereocenters. The van der Waals surface area contributed by atoms with Crippen LogP contribution in [0.15, 0.2) is 30.5 Å². The van der Waals surface area contributed by atoms with Crippen molar-refractivity contribution in [2.75, 3.05) is 5.32 Å². The first kappa shape index (κ1) is 16.5. The van der Waals surface area contributed by atoms with Crippen molar-refractivity contribution in [2.24, 2.45) is 0 Å². The first-order chi connectivity index (χ1) is 10.4. The van der Waals surface area contributed by atoms with E-state index in [1.807, 2.05) is 0 Å². The Bertz CT molecular complexity index is 742. The molecule has 0 spiro atoms. The van der Waals surface area contributed by atoms with Crippen molar-refractivity contribution >= 4 is 44.9 Å². The maximum absolute atomic E-state index is 14.3. The molecule has 114 valence electrons. The number of anilines is 1. The molecule has 1 amide bonds. The molecule has 0 aliphatic rings. The fraction of sp³-hybridized carbons (Fsp3) is 0.143. The van der Waals surface area contributed by atoms with Gasteiger partial charge in [-0.05, 0) is 29.8 Å². The topological polar surface area (TPSA) is 72.0 Å². The summed E-state index contributed by atoms with van der Waals surface area (Å²) in [5, 5.41) is 2.32. The number of alkyl halides is 1. The van der Waals surface area contributed by atoms with Crippen LogP contribution in [0, 0.1) is 5.82 Å². The normalized spacial score (nSPS) is 11.8. The highest BCUT2D eigenvalue weighted by Crippen LogP contribution is 2.29. The zero-order valence-electron chi connectivity index (χ0n) is 11.3. The molecule has 0 radical (unpaired) electrons. The van der Waals surface area contributed by atoms with E-state index in [0.717, 1.165) is 0 Å². The van der Waals surface area contributed by atoms with Crippen molar-refractivity contribution < 1.29 is 14.0 Å². The smallest absolute Gasteiger partial charge is 0.222 e. The number of amides is 1. The standard InChI is InChI=1S/C14H10BrClFN3O2/c1-7(21)19-10-4-2-3-8(12(10)17)13(22)11(15)9-5-6-18-14(16)20-9/h2-6,11H,1H3,(H,19,21).